The highest BCUT2D eigenvalue weighted by Crippen LogP contribution is 2.26. The average Bonchev–Trinajstić information content (AvgIpc) is 2.08. The quantitative estimate of drug-likeness (QED) is 0.818. The molecule has 0 amide bonds. The Morgan fingerprint density at radius 1 is 1.33 bits per heavy atom. The molecule has 1 aromatic rings. The predicted molar refractivity (Wildman–Crippen MR) is 60.7 cm³/mol. The molecule has 0 heterocycles. The van der Waals surface area contributed by atoms with E-state index in [1.165, 1.54) is 6.07 Å². The molecule has 0 aromatic heterocycles. The first-order chi connectivity index (χ1) is 6.50. The molecule has 2 nitrogen and oxygen atoms in total. The summed E-state index contributed by atoms with van der Waals surface area (Å²) in [7, 11) is 0. The van der Waals surface area contributed by atoms with Crippen LogP contribution in [-0.2, 0) is 0 Å². The van der Waals surface area contributed by atoms with E-state index in [2.05, 4.69) is 0 Å². The number of halogens is 4. The van der Waals surface area contributed by atoms with E-state index in [0.717, 1.165) is 0 Å². The zero-order valence-corrected chi connectivity index (χ0v) is 9.36. The molecule has 15 heavy (non-hydrogen) atoms. The number of nitrogens with two attached hydrogens (primary N) is 2. The standard InChI is InChI=1S/C9H11ClF2N2.ClH/c10-5-1-2-7(13)6(3-5)8(14)4-9(11)12;/h1-3,8-9H,4,13-14H2;1H/t8-;/m0./s1. The van der Waals surface area contributed by atoms with Gasteiger partial charge in [0, 0.05) is 23.2 Å². The molecule has 1 rings (SSSR count). The third-order valence-electron chi connectivity index (χ3n) is 1.88. The summed E-state index contributed by atoms with van der Waals surface area (Å²) in [6.45, 7) is 0. The molecular formula is C9H12Cl2F2N2. The van der Waals surface area contributed by atoms with Crippen LogP contribution in [0.1, 0.15) is 18.0 Å². The first-order valence-corrected chi connectivity index (χ1v) is 4.47. The molecule has 1 aromatic carbocycles. The van der Waals surface area contributed by atoms with Gasteiger partial charge in [-0.1, -0.05) is 11.6 Å². The van der Waals surface area contributed by atoms with Crippen molar-refractivity contribution < 1.29 is 8.78 Å². The van der Waals surface area contributed by atoms with Gasteiger partial charge in [0.05, 0.1) is 0 Å². The zero-order valence-electron chi connectivity index (χ0n) is 7.79. The van der Waals surface area contributed by atoms with Crippen molar-refractivity contribution in [2.45, 2.75) is 18.9 Å². The van der Waals surface area contributed by atoms with Crippen LogP contribution in [-0.4, -0.2) is 6.43 Å². The first-order valence-electron chi connectivity index (χ1n) is 4.09. The largest absolute Gasteiger partial charge is 0.398 e. The summed E-state index contributed by atoms with van der Waals surface area (Å²) in [4.78, 5) is 0. The maximum absolute atomic E-state index is 12.0. The van der Waals surface area contributed by atoms with Crippen molar-refractivity contribution in [3.8, 4) is 0 Å². The van der Waals surface area contributed by atoms with Crippen molar-refractivity contribution in [1.29, 1.82) is 0 Å². The zero-order chi connectivity index (χ0) is 10.7. The van der Waals surface area contributed by atoms with E-state index < -0.39 is 18.9 Å². The van der Waals surface area contributed by atoms with Crippen LogP contribution in [0.5, 0.6) is 0 Å². The Labute approximate surface area is 98.0 Å². The Kier molecular flexibility index (Phi) is 5.87. The van der Waals surface area contributed by atoms with E-state index >= 15 is 0 Å². The van der Waals surface area contributed by atoms with Gasteiger partial charge >= 0.3 is 0 Å². The molecule has 0 fully saturated rings. The molecular weight excluding hydrogens is 245 g/mol. The SMILES string of the molecule is Cl.Nc1ccc(Cl)cc1[C@@H](N)CC(F)F. The van der Waals surface area contributed by atoms with Gasteiger partial charge < -0.3 is 11.5 Å². The monoisotopic (exact) mass is 256 g/mol. The second-order valence-corrected chi connectivity index (χ2v) is 3.44. The molecule has 0 aliphatic heterocycles. The molecule has 0 unspecified atom stereocenters. The Bertz CT molecular complexity index is 321. The minimum atomic E-state index is -2.44. The van der Waals surface area contributed by atoms with Crippen molar-refractivity contribution >= 4 is 29.7 Å². The first kappa shape index (κ1) is 14.4. The van der Waals surface area contributed by atoms with Gasteiger partial charge in [-0.3, -0.25) is 0 Å². The summed E-state index contributed by atoms with van der Waals surface area (Å²) < 4.78 is 24.1. The van der Waals surface area contributed by atoms with E-state index in [-0.39, 0.29) is 12.4 Å². The number of nitrogen functional groups attached to an aromatic ring is 1. The third kappa shape index (κ3) is 4.20. The van der Waals surface area contributed by atoms with Gasteiger partial charge in [-0.25, -0.2) is 8.78 Å². The van der Waals surface area contributed by atoms with Crippen LogP contribution in [0.3, 0.4) is 0 Å². The van der Waals surface area contributed by atoms with Crippen molar-refractivity contribution in [1.82, 2.24) is 0 Å². The number of anilines is 1. The second kappa shape index (κ2) is 6.10. The predicted octanol–water partition coefficient (Wildman–Crippen LogP) is 3.00. The normalized spacial score (nSPS) is 12.3. The summed E-state index contributed by atoms with van der Waals surface area (Å²) in [6, 6.07) is 3.90. The van der Waals surface area contributed by atoms with Crippen LogP contribution >= 0.6 is 24.0 Å². The van der Waals surface area contributed by atoms with Crippen LogP contribution in [0, 0.1) is 0 Å². The number of hydrogen-bond acceptors (Lipinski definition) is 2. The lowest BCUT2D eigenvalue weighted by Crippen LogP contribution is -2.15. The van der Waals surface area contributed by atoms with Crippen molar-refractivity contribution in [3.63, 3.8) is 0 Å². The van der Waals surface area contributed by atoms with Gasteiger partial charge in [0.1, 0.15) is 0 Å². The van der Waals surface area contributed by atoms with Crippen molar-refractivity contribution in [2.75, 3.05) is 5.73 Å². The number of hydrogen-bond donors (Lipinski definition) is 2. The summed E-state index contributed by atoms with van der Waals surface area (Å²) in [5.74, 6) is 0. The minimum Gasteiger partial charge on any atom is -0.398 e. The Morgan fingerprint density at radius 2 is 1.93 bits per heavy atom. The van der Waals surface area contributed by atoms with Crippen LogP contribution in [0.15, 0.2) is 18.2 Å². The molecule has 0 aliphatic rings. The van der Waals surface area contributed by atoms with Crippen LogP contribution in [0.4, 0.5) is 14.5 Å². The smallest absolute Gasteiger partial charge is 0.240 e. The molecule has 0 radical (unpaired) electrons. The molecule has 86 valence electrons. The molecule has 0 bridgehead atoms. The van der Waals surface area contributed by atoms with Gasteiger partial charge in [-0.05, 0) is 23.8 Å². The van der Waals surface area contributed by atoms with Crippen LogP contribution < -0.4 is 11.5 Å². The van der Waals surface area contributed by atoms with Gasteiger partial charge in [-0.15, -0.1) is 12.4 Å². The second-order valence-electron chi connectivity index (χ2n) is 3.01. The highest BCUT2D eigenvalue weighted by Gasteiger charge is 2.15. The van der Waals surface area contributed by atoms with Crippen molar-refractivity contribution in [2.24, 2.45) is 5.73 Å². The summed E-state index contributed by atoms with van der Waals surface area (Å²) in [5, 5.41) is 0.443. The molecule has 0 saturated heterocycles. The van der Waals surface area contributed by atoms with Crippen LogP contribution in [0.2, 0.25) is 5.02 Å². The fourth-order valence-corrected chi connectivity index (χ4v) is 1.37. The van der Waals surface area contributed by atoms with E-state index in [0.29, 0.717) is 16.3 Å². The lowest BCUT2D eigenvalue weighted by atomic mass is 10.0. The van der Waals surface area contributed by atoms with Gasteiger partial charge in [-0.2, -0.15) is 0 Å². The lowest BCUT2D eigenvalue weighted by molar-refractivity contribution is 0.128. The van der Waals surface area contributed by atoms with Gasteiger partial charge in [0.2, 0.25) is 6.43 Å². The maximum atomic E-state index is 12.0. The van der Waals surface area contributed by atoms with Crippen LogP contribution in [0.25, 0.3) is 0 Å². The Balaban J connectivity index is 0.00000196. The number of alkyl halides is 2. The molecule has 0 saturated carbocycles. The fraction of sp³-hybridized carbons (Fsp3) is 0.333. The van der Waals surface area contributed by atoms with Gasteiger partial charge in [0.15, 0.2) is 0 Å². The molecule has 1 atom stereocenters. The maximum Gasteiger partial charge on any atom is 0.240 e. The van der Waals surface area contributed by atoms with E-state index in [1.54, 1.807) is 12.1 Å². The molecule has 4 N–H and O–H groups in total. The van der Waals surface area contributed by atoms with E-state index in [4.69, 9.17) is 23.1 Å². The van der Waals surface area contributed by atoms with Gasteiger partial charge in [0.25, 0.3) is 0 Å². The highest BCUT2D eigenvalue weighted by molar-refractivity contribution is 6.30. The minimum absolute atomic E-state index is 0. The van der Waals surface area contributed by atoms with Crippen molar-refractivity contribution in [3.05, 3.63) is 28.8 Å². The Morgan fingerprint density at radius 3 is 2.47 bits per heavy atom. The highest BCUT2D eigenvalue weighted by atomic mass is 35.5. The van der Waals surface area contributed by atoms with E-state index in [9.17, 15) is 8.78 Å². The summed E-state index contributed by atoms with van der Waals surface area (Å²) in [5.41, 5.74) is 12.0. The fourth-order valence-electron chi connectivity index (χ4n) is 1.19. The summed E-state index contributed by atoms with van der Waals surface area (Å²) in [6.07, 6.45) is -2.85. The topological polar surface area (TPSA) is 52.0 Å². The average molecular weight is 257 g/mol. The van der Waals surface area contributed by atoms with E-state index in [1.807, 2.05) is 0 Å². The Hall–Kier alpha value is -0.580. The third-order valence-corrected chi connectivity index (χ3v) is 2.12. The lowest BCUT2D eigenvalue weighted by Gasteiger charge is -2.14. The number of rotatable bonds is 3. The molecule has 6 heteroatoms. The summed E-state index contributed by atoms with van der Waals surface area (Å²) >= 11 is 5.70. The number of benzene rings is 1. The molecule has 0 aliphatic carbocycles. The molecule has 0 spiro atoms.